The molecule has 1 unspecified atom stereocenters. The quantitative estimate of drug-likeness (QED) is 0.656. The van der Waals surface area contributed by atoms with Crippen LogP contribution in [0.3, 0.4) is 0 Å². The van der Waals surface area contributed by atoms with Crippen LogP contribution >= 0.6 is 0 Å². The zero-order chi connectivity index (χ0) is 17.6. The average molecular weight is 354 g/mol. The lowest BCUT2D eigenvalue weighted by Crippen LogP contribution is -2.35. The van der Waals surface area contributed by atoms with Crippen molar-refractivity contribution in [2.45, 2.75) is 62.4 Å². The van der Waals surface area contributed by atoms with Gasteiger partial charge in [-0.05, 0) is 43.9 Å². The van der Waals surface area contributed by atoms with Crippen LogP contribution in [0.15, 0.2) is 29.2 Å². The highest BCUT2D eigenvalue weighted by Crippen LogP contribution is 2.20. The summed E-state index contributed by atoms with van der Waals surface area (Å²) in [4.78, 5) is 11.9. The first-order valence-electron chi connectivity index (χ1n) is 8.42. The van der Waals surface area contributed by atoms with Gasteiger partial charge in [0.2, 0.25) is 15.9 Å². The van der Waals surface area contributed by atoms with Gasteiger partial charge in [0.15, 0.2) is 0 Å². The fourth-order valence-corrected chi connectivity index (χ4v) is 4.12. The molecule has 1 atom stereocenters. The SMILES string of the molecule is CC(CO)NC(=O)CCc1ccc(S(=O)(=O)NC2CCCC2)cc1. The van der Waals surface area contributed by atoms with E-state index in [4.69, 9.17) is 5.11 Å². The predicted octanol–water partition coefficient (Wildman–Crippen LogP) is 1.34. The van der Waals surface area contributed by atoms with Gasteiger partial charge in [0.05, 0.1) is 11.5 Å². The van der Waals surface area contributed by atoms with Crippen LogP contribution in [0, 0.1) is 0 Å². The molecule has 0 radical (unpaired) electrons. The molecule has 0 heterocycles. The highest BCUT2D eigenvalue weighted by atomic mass is 32.2. The zero-order valence-electron chi connectivity index (χ0n) is 14.0. The molecule has 0 aromatic heterocycles. The third-order valence-corrected chi connectivity index (χ3v) is 5.77. The van der Waals surface area contributed by atoms with Crippen LogP contribution in [0.25, 0.3) is 0 Å². The van der Waals surface area contributed by atoms with Gasteiger partial charge in [-0.2, -0.15) is 0 Å². The number of nitrogens with one attached hydrogen (secondary N) is 2. The van der Waals surface area contributed by atoms with E-state index < -0.39 is 10.0 Å². The molecule has 134 valence electrons. The fourth-order valence-electron chi connectivity index (χ4n) is 2.82. The normalized spacial score (nSPS) is 16.9. The Kier molecular flexibility index (Phi) is 6.77. The number of carbonyl (C=O) groups is 1. The van der Waals surface area contributed by atoms with Crippen molar-refractivity contribution < 1.29 is 18.3 Å². The largest absolute Gasteiger partial charge is 0.394 e. The van der Waals surface area contributed by atoms with Crippen molar-refractivity contribution in [2.24, 2.45) is 0 Å². The minimum atomic E-state index is -3.47. The summed E-state index contributed by atoms with van der Waals surface area (Å²) in [5, 5.41) is 11.6. The first-order chi connectivity index (χ1) is 11.4. The maximum absolute atomic E-state index is 12.3. The molecule has 1 aromatic carbocycles. The fraction of sp³-hybridized carbons (Fsp3) is 0.588. The van der Waals surface area contributed by atoms with Gasteiger partial charge in [-0.3, -0.25) is 4.79 Å². The van der Waals surface area contributed by atoms with Gasteiger partial charge in [-0.25, -0.2) is 13.1 Å². The number of amides is 1. The van der Waals surface area contributed by atoms with E-state index in [1.54, 1.807) is 31.2 Å². The molecule has 1 aromatic rings. The van der Waals surface area contributed by atoms with Gasteiger partial charge < -0.3 is 10.4 Å². The smallest absolute Gasteiger partial charge is 0.240 e. The highest BCUT2D eigenvalue weighted by Gasteiger charge is 2.22. The van der Waals surface area contributed by atoms with Crippen molar-refractivity contribution in [3.05, 3.63) is 29.8 Å². The molecule has 1 amide bonds. The molecule has 1 aliphatic rings. The topological polar surface area (TPSA) is 95.5 Å². The Hall–Kier alpha value is -1.44. The number of aryl methyl sites for hydroxylation is 1. The molecule has 0 saturated heterocycles. The molecule has 0 spiro atoms. The number of rotatable bonds is 8. The van der Waals surface area contributed by atoms with Crippen molar-refractivity contribution in [3.8, 4) is 0 Å². The Balaban J connectivity index is 1.89. The lowest BCUT2D eigenvalue weighted by atomic mass is 10.1. The molecule has 0 bridgehead atoms. The van der Waals surface area contributed by atoms with E-state index in [0.717, 1.165) is 31.2 Å². The first-order valence-corrected chi connectivity index (χ1v) is 9.90. The Labute approximate surface area is 143 Å². The lowest BCUT2D eigenvalue weighted by Gasteiger charge is -2.13. The van der Waals surface area contributed by atoms with Crippen LogP contribution in [-0.2, 0) is 21.2 Å². The second-order valence-corrected chi connectivity index (χ2v) is 8.11. The van der Waals surface area contributed by atoms with Crippen LogP contribution in [-0.4, -0.2) is 38.1 Å². The van der Waals surface area contributed by atoms with Crippen molar-refractivity contribution in [3.63, 3.8) is 0 Å². The monoisotopic (exact) mass is 354 g/mol. The Morgan fingerprint density at radius 3 is 2.46 bits per heavy atom. The average Bonchev–Trinajstić information content (AvgIpc) is 3.05. The molecule has 0 aliphatic heterocycles. The third kappa shape index (κ3) is 5.58. The number of hydrogen-bond acceptors (Lipinski definition) is 4. The van der Waals surface area contributed by atoms with Gasteiger partial charge in [0.1, 0.15) is 0 Å². The van der Waals surface area contributed by atoms with Crippen LogP contribution in [0.4, 0.5) is 0 Å². The maximum Gasteiger partial charge on any atom is 0.240 e. The molecule has 1 aliphatic carbocycles. The number of benzene rings is 1. The Morgan fingerprint density at radius 2 is 1.88 bits per heavy atom. The van der Waals surface area contributed by atoms with Crippen LogP contribution < -0.4 is 10.0 Å². The molecule has 1 saturated carbocycles. The Bertz CT molecular complexity index is 637. The van der Waals surface area contributed by atoms with Crippen LogP contribution in [0.1, 0.15) is 44.6 Å². The van der Waals surface area contributed by atoms with Gasteiger partial charge in [0.25, 0.3) is 0 Å². The van der Waals surface area contributed by atoms with E-state index in [2.05, 4.69) is 10.0 Å². The number of hydrogen-bond donors (Lipinski definition) is 3. The number of aliphatic hydroxyl groups excluding tert-OH is 1. The van der Waals surface area contributed by atoms with Gasteiger partial charge >= 0.3 is 0 Å². The summed E-state index contributed by atoms with van der Waals surface area (Å²) in [6.45, 7) is 1.64. The molecule has 24 heavy (non-hydrogen) atoms. The van der Waals surface area contributed by atoms with Crippen molar-refractivity contribution in [1.82, 2.24) is 10.0 Å². The van der Waals surface area contributed by atoms with Gasteiger partial charge in [-0.15, -0.1) is 0 Å². The van der Waals surface area contributed by atoms with E-state index in [0.29, 0.717) is 12.8 Å². The Morgan fingerprint density at radius 1 is 1.25 bits per heavy atom. The van der Waals surface area contributed by atoms with Gasteiger partial charge in [0, 0.05) is 18.5 Å². The summed E-state index contributed by atoms with van der Waals surface area (Å²) in [6, 6.07) is 6.44. The first kappa shape index (κ1) is 18.9. The molecular weight excluding hydrogens is 328 g/mol. The van der Waals surface area contributed by atoms with E-state index in [-0.39, 0.29) is 29.5 Å². The van der Waals surface area contributed by atoms with Crippen LogP contribution in [0.2, 0.25) is 0 Å². The molecule has 7 heteroatoms. The number of carbonyl (C=O) groups excluding carboxylic acids is 1. The predicted molar refractivity (Wildman–Crippen MR) is 92.0 cm³/mol. The second kappa shape index (κ2) is 8.60. The highest BCUT2D eigenvalue weighted by molar-refractivity contribution is 7.89. The van der Waals surface area contributed by atoms with Crippen molar-refractivity contribution in [1.29, 1.82) is 0 Å². The third-order valence-electron chi connectivity index (χ3n) is 4.23. The van der Waals surface area contributed by atoms with Gasteiger partial charge in [-0.1, -0.05) is 25.0 Å². The molecule has 3 N–H and O–H groups in total. The number of sulfonamides is 1. The lowest BCUT2D eigenvalue weighted by molar-refractivity contribution is -0.121. The zero-order valence-corrected chi connectivity index (χ0v) is 14.8. The molecule has 6 nitrogen and oxygen atoms in total. The van der Waals surface area contributed by atoms with E-state index in [9.17, 15) is 13.2 Å². The maximum atomic E-state index is 12.3. The molecule has 2 rings (SSSR count). The molecule has 1 fully saturated rings. The minimum Gasteiger partial charge on any atom is -0.394 e. The summed E-state index contributed by atoms with van der Waals surface area (Å²) in [5.74, 6) is -0.129. The summed E-state index contributed by atoms with van der Waals surface area (Å²) in [7, 11) is -3.47. The summed E-state index contributed by atoms with van der Waals surface area (Å²) in [5.41, 5.74) is 0.904. The van der Waals surface area contributed by atoms with Crippen molar-refractivity contribution in [2.75, 3.05) is 6.61 Å². The van der Waals surface area contributed by atoms with Crippen LogP contribution in [0.5, 0.6) is 0 Å². The van der Waals surface area contributed by atoms with E-state index >= 15 is 0 Å². The summed E-state index contributed by atoms with van der Waals surface area (Å²) >= 11 is 0. The summed E-state index contributed by atoms with van der Waals surface area (Å²) < 4.78 is 27.4. The van der Waals surface area contributed by atoms with E-state index in [1.165, 1.54) is 0 Å². The second-order valence-electron chi connectivity index (χ2n) is 6.40. The molecular formula is C17H26N2O4S. The summed E-state index contributed by atoms with van der Waals surface area (Å²) in [6.07, 6.45) is 4.78. The number of aliphatic hydroxyl groups is 1. The van der Waals surface area contributed by atoms with E-state index in [1.807, 2.05) is 0 Å². The van der Waals surface area contributed by atoms with Crippen molar-refractivity contribution >= 4 is 15.9 Å². The minimum absolute atomic E-state index is 0.0480. The standard InChI is InChI=1S/C17H26N2O4S/c1-13(12-20)18-17(21)11-8-14-6-9-16(10-7-14)24(22,23)19-15-4-2-3-5-15/h6-7,9-10,13,15,19-20H,2-5,8,11-12H2,1H3,(H,18,21).